The average molecular weight is 192 g/mol. The minimum absolute atomic E-state index is 0.537. The summed E-state index contributed by atoms with van der Waals surface area (Å²) >= 11 is 0. The van der Waals surface area contributed by atoms with Crippen LogP contribution in [0.1, 0.15) is 6.92 Å². The normalized spacial score (nSPS) is 42.2. The zero-order valence-electron chi connectivity index (χ0n) is 8.01. The molecule has 0 radical (unpaired) electrons. The van der Waals surface area contributed by atoms with E-state index in [0.29, 0.717) is 0 Å². The van der Waals surface area contributed by atoms with Gasteiger partial charge in [0.1, 0.15) is 18.3 Å². The van der Waals surface area contributed by atoms with Crippen LogP contribution in [0.2, 0.25) is 0 Å². The Kier molecular flexibility index (Phi) is 3.63. The van der Waals surface area contributed by atoms with E-state index in [1.54, 1.807) is 6.92 Å². The summed E-state index contributed by atoms with van der Waals surface area (Å²) < 4.78 is 15.1. The highest BCUT2D eigenvalue weighted by Crippen LogP contribution is 2.25. The molecule has 13 heavy (non-hydrogen) atoms. The largest absolute Gasteiger partial charge is 0.391 e. The predicted molar refractivity (Wildman–Crippen MR) is 44.2 cm³/mol. The molecular formula is C8H16O5. The summed E-state index contributed by atoms with van der Waals surface area (Å²) in [6.45, 7) is 1.58. The molecule has 0 unspecified atom stereocenters. The monoisotopic (exact) mass is 192 g/mol. The van der Waals surface area contributed by atoms with Gasteiger partial charge in [-0.25, -0.2) is 0 Å². The van der Waals surface area contributed by atoms with Crippen molar-refractivity contribution < 1.29 is 24.4 Å². The first-order valence-electron chi connectivity index (χ1n) is 4.19. The Morgan fingerprint density at radius 3 is 2.23 bits per heavy atom. The number of aliphatic hydroxyl groups excluding tert-OH is 2. The minimum atomic E-state index is -0.852. The van der Waals surface area contributed by atoms with Crippen LogP contribution < -0.4 is 0 Å². The second kappa shape index (κ2) is 4.34. The third-order valence-electron chi connectivity index (χ3n) is 2.21. The maximum absolute atomic E-state index is 9.58. The molecule has 1 rings (SSSR count). The van der Waals surface area contributed by atoms with Crippen LogP contribution in [0.15, 0.2) is 0 Å². The van der Waals surface area contributed by atoms with Gasteiger partial charge in [0, 0.05) is 14.2 Å². The van der Waals surface area contributed by atoms with Crippen molar-refractivity contribution in [1.29, 1.82) is 0 Å². The molecule has 2 N–H and O–H groups in total. The topological polar surface area (TPSA) is 68.2 Å². The van der Waals surface area contributed by atoms with Crippen LogP contribution in [0.3, 0.4) is 0 Å². The zero-order chi connectivity index (χ0) is 10.0. The van der Waals surface area contributed by atoms with Crippen LogP contribution >= 0.6 is 0 Å². The van der Waals surface area contributed by atoms with E-state index in [1.807, 2.05) is 0 Å². The van der Waals surface area contributed by atoms with Gasteiger partial charge in [-0.15, -0.1) is 0 Å². The Morgan fingerprint density at radius 2 is 1.92 bits per heavy atom. The quantitative estimate of drug-likeness (QED) is 0.607. The maximum Gasteiger partial charge on any atom is 0.186 e. The lowest BCUT2D eigenvalue weighted by atomic mass is 10.1. The number of hydrogen-bond acceptors (Lipinski definition) is 5. The molecule has 0 bridgehead atoms. The van der Waals surface area contributed by atoms with E-state index in [2.05, 4.69) is 0 Å². The Bertz CT molecular complexity index is 161. The summed E-state index contributed by atoms with van der Waals surface area (Å²) in [5.41, 5.74) is 0. The highest BCUT2D eigenvalue weighted by Gasteiger charge is 2.46. The van der Waals surface area contributed by atoms with E-state index in [9.17, 15) is 10.2 Å². The van der Waals surface area contributed by atoms with Crippen molar-refractivity contribution in [2.24, 2.45) is 0 Å². The average Bonchev–Trinajstić information content (AvgIpc) is 2.42. The molecule has 78 valence electrons. The summed E-state index contributed by atoms with van der Waals surface area (Å²) in [6.07, 6.45) is -3.34. The van der Waals surface area contributed by atoms with Crippen molar-refractivity contribution in [3.63, 3.8) is 0 Å². The number of hydrogen-bond donors (Lipinski definition) is 2. The van der Waals surface area contributed by atoms with Crippen molar-refractivity contribution in [1.82, 2.24) is 0 Å². The lowest BCUT2D eigenvalue weighted by Gasteiger charge is -2.20. The molecule has 1 aliphatic rings. The maximum atomic E-state index is 9.58. The highest BCUT2D eigenvalue weighted by atomic mass is 16.7. The van der Waals surface area contributed by atoms with Crippen LogP contribution in [0.4, 0.5) is 0 Å². The van der Waals surface area contributed by atoms with Crippen LogP contribution in [0.5, 0.6) is 0 Å². The molecule has 5 heteroatoms. The molecule has 0 amide bonds. The molecular weight excluding hydrogens is 176 g/mol. The third kappa shape index (κ3) is 2.00. The van der Waals surface area contributed by atoms with E-state index in [0.717, 1.165) is 0 Å². The van der Waals surface area contributed by atoms with Crippen molar-refractivity contribution in [2.75, 3.05) is 14.2 Å². The Morgan fingerprint density at radius 1 is 1.31 bits per heavy atom. The Balaban J connectivity index is 2.66. The third-order valence-corrected chi connectivity index (χ3v) is 2.21. The zero-order valence-corrected chi connectivity index (χ0v) is 8.01. The van der Waals surface area contributed by atoms with Gasteiger partial charge in [-0.1, -0.05) is 0 Å². The van der Waals surface area contributed by atoms with Crippen LogP contribution in [0.25, 0.3) is 0 Å². The molecule has 1 fully saturated rings. The van der Waals surface area contributed by atoms with E-state index in [-0.39, 0.29) is 0 Å². The molecule has 1 heterocycles. The van der Waals surface area contributed by atoms with Crippen molar-refractivity contribution in [3.8, 4) is 0 Å². The molecule has 1 saturated heterocycles. The molecule has 5 nitrogen and oxygen atoms in total. The van der Waals surface area contributed by atoms with Gasteiger partial charge >= 0.3 is 0 Å². The van der Waals surface area contributed by atoms with Crippen molar-refractivity contribution >= 4 is 0 Å². The van der Waals surface area contributed by atoms with E-state index >= 15 is 0 Å². The van der Waals surface area contributed by atoms with E-state index in [1.165, 1.54) is 14.2 Å². The smallest absolute Gasteiger partial charge is 0.186 e. The fourth-order valence-corrected chi connectivity index (χ4v) is 1.52. The summed E-state index contributed by atoms with van der Waals surface area (Å²) in [6, 6.07) is 0. The van der Waals surface area contributed by atoms with Gasteiger partial charge in [0.15, 0.2) is 6.29 Å². The second-order valence-corrected chi connectivity index (χ2v) is 3.14. The fraction of sp³-hybridized carbons (Fsp3) is 1.00. The summed E-state index contributed by atoms with van der Waals surface area (Å²) in [7, 11) is 2.90. The Hall–Kier alpha value is -0.200. The molecule has 0 spiro atoms. The number of rotatable bonds is 3. The lowest BCUT2D eigenvalue weighted by molar-refractivity contribution is -0.161. The molecule has 0 aliphatic carbocycles. The SMILES string of the molecule is CO[C@H]1O[C@H]([C@@H](C)O)[C@@H](OC)[C@H]1O. The molecule has 0 aromatic heterocycles. The van der Waals surface area contributed by atoms with Crippen LogP contribution in [0, 0.1) is 0 Å². The molecule has 0 saturated carbocycles. The van der Waals surface area contributed by atoms with Gasteiger partial charge in [-0.2, -0.15) is 0 Å². The van der Waals surface area contributed by atoms with Gasteiger partial charge in [-0.05, 0) is 6.92 Å². The van der Waals surface area contributed by atoms with Gasteiger partial charge in [0.2, 0.25) is 0 Å². The first kappa shape index (κ1) is 10.9. The number of methoxy groups -OCH3 is 2. The van der Waals surface area contributed by atoms with Gasteiger partial charge in [-0.3, -0.25) is 0 Å². The molecule has 1 aliphatic heterocycles. The fourth-order valence-electron chi connectivity index (χ4n) is 1.52. The molecule has 0 aromatic rings. The molecule has 0 aromatic carbocycles. The van der Waals surface area contributed by atoms with Gasteiger partial charge in [0.05, 0.1) is 6.10 Å². The lowest BCUT2D eigenvalue weighted by Crippen LogP contribution is -2.39. The van der Waals surface area contributed by atoms with Gasteiger partial charge in [0.25, 0.3) is 0 Å². The summed E-state index contributed by atoms with van der Waals surface area (Å²) in [5, 5.41) is 18.9. The van der Waals surface area contributed by atoms with Gasteiger partial charge < -0.3 is 24.4 Å². The molecule has 5 atom stereocenters. The standard InChI is InChI=1S/C8H16O5/c1-4(9)6-7(11-2)5(10)8(12-3)13-6/h4-10H,1-3H3/t4-,5-,6-,7+,8+/m1/s1. The van der Waals surface area contributed by atoms with Crippen LogP contribution in [-0.4, -0.2) is 55.1 Å². The van der Waals surface area contributed by atoms with Crippen LogP contribution in [-0.2, 0) is 14.2 Å². The van der Waals surface area contributed by atoms with Crippen molar-refractivity contribution in [2.45, 2.75) is 37.6 Å². The predicted octanol–water partition coefficient (Wildman–Crippen LogP) is -0.886. The first-order valence-corrected chi connectivity index (χ1v) is 4.19. The first-order chi connectivity index (χ1) is 6.11. The number of aliphatic hydroxyl groups is 2. The minimum Gasteiger partial charge on any atom is -0.391 e. The highest BCUT2D eigenvalue weighted by molar-refractivity contribution is 4.90. The summed E-state index contributed by atoms with van der Waals surface area (Å²) in [4.78, 5) is 0. The number of ether oxygens (including phenoxy) is 3. The summed E-state index contributed by atoms with van der Waals surface area (Å²) in [5.74, 6) is 0. The Labute approximate surface area is 77.2 Å². The van der Waals surface area contributed by atoms with E-state index < -0.39 is 30.7 Å². The van der Waals surface area contributed by atoms with Crippen molar-refractivity contribution in [3.05, 3.63) is 0 Å². The van der Waals surface area contributed by atoms with E-state index in [4.69, 9.17) is 14.2 Å². The second-order valence-electron chi connectivity index (χ2n) is 3.14.